The first kappa shape index (κ1) is 13.1. The van der Waals surface area contributed by atoms with Gasteiger partial charge in [-0.15, -0.1) is 0 Å². The summed E-state index contributed by atoms with van der Waals surface area (Å²) in [6.45, 7) is 5.05. The van der Waals surface area contributed by atoms with Crippen molar-refractivity contribution >= 4 is 11.8 Å². The molecule has 3 N–H and O–H groups in total. The lowest BCUT2D eigenvalue weighted by atomic mass is 10.1. The molecule has 1 aromatic heterocycles. The summed E-state index contributed by atoms with van der Waals surface area (Å²) in [5, 5.41) is 15.9. The zero-order valence-electron chi connectivity index (χ0n) is 11.1. The van der Waals surface area contributed by atoms with Crippen molar-refractivity contribution < 1.29 is 5.11 Å². The first-order chi connectivity index (χ1) is 8.72. The minimum Gasteiger partial charge on any atom is -0.396 e. The van der Waals surface area contributed by atoms with E-state index < -0.39 is 0 Å². The van der Waals surface area contributed by atoms with Crippen molar-refractivity contribution in [2.75, 3.05) is 23.8 Å². The molecular weight excluding hydrogens is 228 g/mol. The van der Waals surface area contributed by atoms with Gasteiger partial charge in [0.25, 0.3) is 0 Å². The molecule has 0 aromatic carbocycles. The third-order valence-corrected chi connectivity index (χ3v) is 3.42. The summed E-state index contributed by atoms with van der Waals surface area (Å²) in [5.74, 6) is 1.87. The van der Waals surface area contributed by atoms with Crippen LogP contribution in [0.1, 0.15) is 31.9 Å². The molecule has 1 aliphatic rings. The zero-order chi connectivity index (χ0) is 13.0. The van der Waals surface area contributed by atoms with Crippen molar-refractivity contribution in [1.82, 2.24) is 9.97 Å². The van der Waals surface area contributed by atoms with E-state index in [4.69, 9.17) is 0 Å². The topological polar surface area (TPSA) is 70.1 Å². The number of hydrogen-bond donors (Lipinski definition) is 3. The summed E-state index contributed by atoms with van der Waals surface area (Å²) >= 11 is 0. The van der Waals surface area contributed by atoms with Gasteiger partial charge in [-0.3, -0.25) is 0 Å². The molecule has 1 fully saturated rings. The summed E-state index contributed by atoms with van der Waals surface area (Å²) in [6, 6.07) is 2.28. The molecule has 1 aromatic rings. The standard InChI is InChI=1S/C13H22N4O/c1-3-14-13-15-9(2)7-12(17-13)16-11-6-4-5-10(11)8-18/h7,10-11,18H,3-6,8H2,1-2H3,(H2,14,15,16,17). The number of rotatable bonds is 5. The van der Waals surface area contributed by atoms with Crippen molar-refractivity contribution in [3.8, 4) is 0 Å². The van der Waals surface area contributed by atoms with Gasteiger partial charge in [0, 0.05) is 36.9 Å². The highest BCUT2D eigenvalue weighted by Crippen LogP contribution is 2.27. The van der Waals surface area contributed by atoms with Gasteiger partial charge in [0.2, 0.25) is 5.95 Å². The molecule has 5 nitrogen and oxygen atoms in total. The highest BCUT2D eigenvalue weighted by atomic mass is 16.3. The van der Waals surface area contributed by atoms with Crippen molar-refractivity contribution in [3.63, 3.8) is 0 Å². The van der Waals surface area contributed by atoms with Gasteiger partial charge in [-0.1, -0.05) is 6.42 Å². The second kappa shape index (κ2) is 6.00. The van der Waals surface area contributed by atoms with E-state index in [1.54, 1.807) is 0 Å². The van der Waals surface area contributed by atoms with E-state index in [-0.39, 0.29) is 6.61 Å². The third kappa shape index (κ3) is 3.10. The van der Waals surface area contributed by atoms with E-state index in [9.17, 15) is 5.11 Å². The van der Waals surface area contributed by atoms with Crippen LogP contribution in [0.25, 0.3) is 0 Å². The van der Waals surface area contributed by atoms with E-state index in [0.29, 0.717) is 17.9 Å². The molecule has 1 aliphatic carbocycles. The van der Waals surface area contributed by atoms with Crippen LogP contribution in [-0.2, 0) is 0 Å². The summed E-state index contributed by atoms with van der Waals surface area (Å²) in [4.78, 5) is 8.77. The fourth-order valence-corrected chi connectivity index (χ4v) is 2.51. The Bertz CT molecular complexity index is 397. The Morgan fingerprint density at radius 3 is 2.94 bits per heavy atom. The van der Waals surface area contributed by atoms with E-state index >= 15 is 0 Å². The Hall–Kier alpha value is -1.36. The fraction of sp³-hybridized carbons (Fsp3) is 0.692. The minimum absolute atomic E-state index is 0.252. The van der Waals surface area contributed by atoms with Crippen LogP contribution in [0.4, 0.5) is 11.8 Å². The lowest BCUT2D eigenvalue weighted by molar-refractivity contribution is 0.222. The van der Waals surface area contributed by atoms with Gasteiger partial charge < -0.3 is 15.7 Å². The summed E-state index contributed by atoms with van der Waals surface area (Å²) in [7, 11) is 0. The van der Waals surface area contributed by atoms with Gasteiger partial charge >= 0.3 is 0 Å². The van der Waals surface area contributed by atoms with Crippen molar-refractivity contribution in [2.24, 2.45) is 5.92 Å². The summed E-state index contributed by atoms with van der Waals surface area (Å²) < 4.78 is 0. The van der Waals surface area contributed by atoms with Gasteiger partial charge in [0.15, 0.2) is 0 Å². The number of anilines is 2. The molecule has 0 bridgehead atoms. The van der Waals surface area contributed by atoms with Crippen LogP contribution in [0.5, 0.6) is 0 Å². The van der Waals surface area contributed by atoms with Crippen LogP contribution in [0.15, 0.2) is 6.07 Å². The minimum atomic E-state index is 0.252. The maximum absolute atomic E-state index is 9.32. The Morgan fingerprint density at radius 2 is 2.22 bits per heavy atom. The molecular formula is C13H22N4O. The van der Waals surface area contributed by atoms with Crippen LogP contribution in [0.2, 0.25) is 0 Å². The maximum Gasteiger partial charge on any atom is 0.224 e. The Labute approximate surface area is 108 Å². The largest absolute Gasteiger partial charge is 0.396 e. The number of aromatic nitrogens is 2. The molecule has 2 atom stereocenters. The molecule has 18 heavy (non-hydrogen) atoms. The van der Waals surface area contributed by atoms with Crippen LogP contribution in [0, 0.1) is 12.8 Å². The second-order valence-corrected chi connectivity index (χ2v) is 4.87. The highest BCUT2D eigenvalue weighted by molar-refractivity contribution is 5.43. The quantitative estimate of drug-likeness (QED) is 0.743. The fourth-order valence-electron chi connectivity index (χ4n) is 2.51. The van der Waals surface area contributed by atoms with Crippen molar-refractivity contribution in [1.29, 1.82) is 0 Å². The zero-order valence-corrected chi connectivity index (χ0v) is 11.1. The lowest BCUT2D eigenvalue weighted by Crippen LogP contribution is -2.27. The Kier molecular flexibility index (Phi) is 4.36. The number of hydrogen-bond acceptors (Lipinski definition) is 5. The van der Waals surface area contributed by atoms with Crippen molar-refractivity contribution in [2.45, 2.75) is 39.2 Å². The predicted molar refractivity (Wildman–Crippen MR) is 72.8 cm³/mol. The third-order valence-electron chi connectivity index (χ3n) is 3.42. The summed E-state index contributed by atoms with van der Waals surface area (Å²) in [6.07, 6.45) is 3.37. The van der Waals surface area contributed by atoms with Crippen molar-refractivity contribution in [3.05, 3.63) is 11.8 Å². The number of aryl methyl sites for hydroxylation is 1. The van der Waals surface area contributed by atoms with E-state index in [1.807, 2.05) is 19.9 Å². The van der Waals surface area contributed by atoms with E-state index in [2.05, 4.69) is 20.6 Å². The molecule has 100 valence electrons. The van der Waals surface area contributed by atoms with Gasteiger partial charge in [-0.2, -0.15) is 4.98 Å². The summed E-state index contributed by atoms with van der Waals surface area (Å²) in [5.41, 5.74) is 0.946. The van der Waals surface area contributed by atoms with Crippen LogP contribution in [0.3, 0.4) is 0 Å². The predicted octanol–water partition coefficient (Wildman–Crippen LogP) is 1.79. The van der Waals surface area contributed by atoms with E-state index in [0.717, 1.165) is 30.9 Å². The van der Waals surface area contributed by atoms with E-state index in [1.165, 1.54) is 6.42 Å². The molecule has 0 amide bonds. The maximum atomic E-state index is 9.32. The van der Waals surface area contributed by atoms with Gasteiger partial charge in [-0.05, 0) is 26.7 Å². The molecule has 0 saturated heterocycles. The number of nitrogens with zero attached hydrogens (tertiary/aromatic N) is 2. The SMILES string of the molecule is CCNc1nc(C)cc(NC2CCCC2CO)n1. The Balaban J connectivity index is 2.08. The monoisotopic (exact) mass is 250 g/mol. The molecule has 2 rings (SSSR count). The van der Waals surface area contributed by atoms with Gasteiger partial charge in [0.1, 0.15) is 5.82 Å². The number of nitrogens with one attached hydrogen (secondary N) is 2. The molecule has 2 unspecified atom stereocenters. The molecule has 0 radical (unpaired) electrons. The Morgan fingerprint density at radius 1 is 1.39 bits per heavy atom. The first-order valence-electron chi connectivity index (χ1n) is 6.70. The smallest absolute Gasteiger partial charge is 0.224 e. The van der Waals surface area contributed by atoms with Crippen LogP contribution in [-0.4, -0.2) is 34.3 Å². The average molecular weight is 250 g/mol. The molecule has 1 heterocycles. The highest BCUT2D eigenvalue weighted by Gasteiger charge is 2.26. The lowest BCUT2D eigenvalue weighted by Gasteiger charge is -2.20. The van der Waals surface area contributed by atoms with Gasteiger partial charge in [0.05, 0.1) is 0 Å². The van der Waals surface area contributed by atoms with Crippen LogP contribution >= 0.6 is 0 Å². The number of aliphatic hydroxyl groups is 1. The molecule has 5 heteroatoms. The molecule has 0 aliphatic heterocycles. The number of aliphatic hydroxyl groups excluding tert-OH is 1. The second-order valence-electron chi connectivity index (χ2n) is 4.87. The molecule has 1 saturated carbocycles. The van der Waals surface area contributed by atoms with Crippen LogP contribution < -0.4 is 10.6 Å². The molecule has 0 spiro atoms. The average Bonchev–Trinajstić information content (AvgIpc) is 2.76. The van der Waals surface area contributed by atoms with Gasteiger partial charge in [-0.25, -0.2) is 4.98 Å². The normalized spacial score (nSPS) is 23.1. The first-order valence-corrected chi connectivity index (χ1v) is 6.70.